The van der Waals surface area contributed by atoms with Crippen LogP contribution in [-0.2, 0) is 65.4 Å². The Labute approximate surface area is 605 Å². The number of carbonyl (C=O) groups excluding carboxylic acids is 4. The third-order valence-electron chi connectivity index (χ3n) is 15.7. The van der Waals surface area contributed by atoms with E-state index in [0.29, 0.717) is 25.7 Å². The van der Waals surface area contributed by atoms with Gasteiger partial charge in [-0.1, -0.05) is 290 Å². The Kier molecular flexibility index (Phi) is 69.1. The molecule has 0 aromatic rings. The second kappa shape index (κ2) is 72.5. The maximum Gasteiger partial charge on any atom is 0.472 e. The molecule has 572 valence electrons. The lowest BCUT2D eigenvalue weighted by molar-refractivity contribution is -0.161. The molecular weight excluding hydrogens is 1310 g/mol. The average molecular weight is 1440 g/mol. The van der Waals surface area contributed by atoms with E-state index in [4.69, 9.17) is 37.0 Å². The smallest absolute Gasteiger partial charge is 0.462 e. The standard InChI is InChI=1S/C81H136O17P2/c1-5-9-13-17-21-25-29-33-37-41-45-49-53-57-61-65-78(83)91-71-76(97-80(85)67-63-59-55-51-47-43-39-35-31-27-23-19-15-11-7-3)73-95-99(87,88)93-69-75(82)70-94-100(89,90)96-74-77(98-81(86)68-64-60-56-52-48-44-40-36-32-28-24-20-16-12-8-4)72-92-79(84)66-62-58-54-50-46-42-38-34-30-26-22-18-14-10-6-2/h9-11,13-15,21-23,25-27,33-35,37-39,46,50,58,62,75-77,82H,5-8,12,16-20,24,28-32,36,40-45,47-49,51-57,59-61,63-74H2,1-4H3,(H,87,88)(H,89,90)/b13-9-,14-10-,15-11-,25-21-,26-22-,27-23-,37-33-,38-34-,39-35-,50-46-,62-58-. The maximum atomic E-state index is 13.1. The summed E-state index contributed by atoms with van der Waals surface area (Å²) in [6.45, 7) is 4.39. The van der Waals surface area contributed by atoms with Crippen LogP contribution in [-0.4, -0.2) is 96.7 Å². The molecule has 0 amide bonds. The van der Waals surface area contributed by atoms with Gasteiger partial charge in [-0.3, -0.25) is 37.3 Å². The zero-order valence-electron chi connectivity index (χ0n) is 62.3. The molecule has 19 heteroatoms. The minimum Gasteiger partial charge on any atom is -0.462 e. The van der Waals surface area contributed by atoms with Gasteiger partial charge >= 0.3 is 39.5 Å². The van der Waals surface area contributed by atoms with Gasteiger partial charge in [0.2, 0.25) is 0 Å². The SMILES string of the molecule is CC/C=C\C/C=C\C/C=C\C/C=C\C/C=C\CC(=O)OCC(COP(=O)(O)OCC(O)COP(=O)(O)OCC(COC(=O)CCCCCCC/C=C\C/C=C\C/C=C\CC)OC(=O)CCCCCCC/C=C\C/C=C\C/C=C\CC)OC(=O)CCCCCCCCCCCCCCCCC. The molecule has 0 heterocycles. The lowest BCUT2D eigenvalue weighted by Crippen LogP contribution is -2.30. The topological polar surface area (TPSA) is 237 Å². The number of hydrogen-bond acceptors (Lipinski definition) is 15. The molecular formula is C81H136O17P2. The molecule has 0 fully saturated rings. The summed E-state index contributed by atoms with van der Waals surface area (Å²) in [5, 5.41) is 10.6. The van der Waals surface area contributed by atoms with E-state index in [9.17, 15) is 43.2 Å². The summed E-state index contributed by atoms with van der Waals surface area (Å²) < 4.78 is 68.4. The van der Waals surface area contributed by atoms with Crippen molar-refractivity contribution in [1.29, 1.82) is 0 Å². The predicted octanol–water partition coefficient (Wildman–Crippen LogP) is 22.1. The highest BCUT2D eigenvalue weighted by molar-refractivity contribution is 7.47. The number of esters is 4. The van der Waals surface area contributed by atoms with Gasteiger partial charge in [-0.25, -0.2) is 9.13 Å². The van der Waals surface area contributed by atoms with Crippen molar-refractivity contribution in [2.75, 3.05) is 39.6 Å². The van der Waals surface area contributed by atoms with Crippen molar-refractivity contribution in [3.63, 3.8) is 0 Å². The van der Waals surface area contributed by atoms with Crippen LogP contribution >= 0.6 is 15.6 Å². The van der Waals surface area contributed by atoms with E-state index in [1.54, 1.807) is 6.08 Å². The van der Waals surface area contributed by atoms with Gasteiger partial charge in [0.05, 0.1) is 32.8 Å². The van der Waals surface area contributed by atoms with Crippen LogP contribution < -0.4 is 0 Å². The minimum atomic E-state index is -5.00. The highest BCUT2D eigenvalue weighted by Gasteiger charge is 2.30. The van der Waals surface area contributed by atoms with Crippen LogP contribution in [0, 0.1) is 0 Å². The van der Waals surface area contributed by atoms with Crippen molar-refractivity contribution in [3.05, 3.63) is 134 Å². The van der Waals surface area contributed by atoms with Gasteiger partial charge in [0.15, 0.2) is 12.2 Å². The van der Waals surface area contributed by atoms with E-state index in [1.807, 2.05) is 18.2 Å². The number of phosphoric acid groups is 2. The normalized spacial score (nSPS) is 14.7. The molecule has 0 aliphatic heterocycles. The highest BCUT2D eigenvalue weighted by atomic mass is 31.2. The van der Waals surface area contributed by atoms with Gasteiger partial charge in [-0.15, -0.1) is 0 Å². The van der Waals surface area contributed by atoms with E-state index < -0.39 is 97.5 Å². The molecule has 100 heavy (non-hydrogen) atoms. The van der Waals surface area contributed by atoms with Crippen LogP contribution in [0.5, 0.6) is 0 Å². The Hall–Kier alpha value is -4.80. The molecule has 0 spiro atoms. The first-order valence-corrected chi connectivity index (χ1v) is 41.4. The first-order valence-electron chi connectivity index (χ1n) is 38.4. The van der Waals surface area contributed by atoms with Gasteiger partial charge in [-0.2, -0.15) is 0 Å². The van der Waals surface area contributed by atoms with Crippen molar-refractivity contribution in [2.45, 2.75) is 316 Å². The lowest BCUT2D eigenvalue weighted by Gasteiger charge is -2.21. The second-order valence-electron chi connectivity index (χ2n) is 25.2. The van der Waals surface area contributed by atoms with Crippen LogP contribution in [0.4, 0.5) is 0 Å². The Morgan fingerprint density at radius 3 is 0.890 bits per heavy atom. The summed E-state index contributed by atoms with van der Waals surface area (Å²) in [5.74, 6) is -2.36. The fourth-order valence-corrected chi connectivity index (χ4v) is 11.5. The van der Waals surface area contributed by atoms with E-state index in [-0.39, 0.29) is 25.7 Å². The summed E-state index contributed by atoms with van der Waals surface area (Å²) in [6.07, 6.45) is 80.4. The summed E-state index contributed by atoms with van der Waals surface area (Å²) in [4.78, 5) is 72.8. The number of rotatable bonds is 71. The van der Waals surface area contributed by atoms with E-state index in [0.717, 1.165) is 154 Å². The Bertz CT molecular complexity index is 2420. The van der Waals surface area contributed by atoms with E-state index in [1.165, 1.54) is 64.2 Å². The highest BCUT2D eigenvalue weighted by Crippen LogP contribution is 2.45. The number of aliphatic hydroxyl groups is 1. The molecule has 0 bridgehead atoms. The van der Waals surface area contributed by atoms with Gasteiger partial charge < -0.3 is 33.8 Å². The van der Waals surface area contributed by atoms with Crippen LogP contribution in [0.1, 0.15) is 297 Å². The molecule has 3 N–H and O–H groups in total. The number of ether oxygens (including phenoxy) is 4. The fourth-order valence-electron chi connectivity index (χ4n) is 9.91. The Morgan fingerprint density at radius 1 is 0.300 bits per heavy atom. The number of phosphoric ester groups is 2. The minimum absolute atomic E-state index is 0.0666. The van der Waals surface area contributed by atoms with Gasteiger partial charge in [0.1, 0.15) is 19.3 Å². The molecule has 5 atom stereocenters. The third kappa shape index (κ3) is 71.6. The van der Waals surface area contributed by atoms with Crippen LogP contribution in [0.2, 0.25) is 0 Å². The largest absolute Gasteiger partial charge is 0.472 e. The maximum absolute atomic E-state index is 13.1. The summed E-state index contributed by atoms with van der Waals surface area (Å²) in [6, 6.07) is 0. The molecule has 0 aliphatic carbocycles. The van der Waals surface area contributed by atoms with Crippen molar-refractivity contribution < 1.29 is 80.2 Å². The zero-order valence-corrected chi connectivity index (χ0v) is 64.1. The Balaban J connectivity index is 5.44. The van der Waals surface area contributed by atoms with Crippen LogP contribution in [0.3, 0.4) is 0 Å². The molecule has 0 aromatic heterocycles. The van der Waals surface area contributed by atoms with Crippen molar-refractivity contribution in [2.24, 2.45) is 0 Å². The average Bonchev–Trinajstić information content (AvgIpc) is 1.01. The lowest BCUT2D eigenvalue weighted by atomic mass is 10.0. The van der Waals surface area contributed by atoms with Crippen LogP contribution in [0.15, 0.2) is 134 Å². The van der Waals surface area contributed by atoms with Gasteiger partial charge in [0, 0.05) is 19.3 Å². The molecule has 0 radical (unpaired) electrons. The molecule has 0 saturated carbocycles. The summed E-state index contributed by atoms with van der Waals surface area (Å²) >= 11 is 0. The Morgan fingerprint density at radius 2 is 0.560 bits per heavy atom. The van der Waals surface area contributed by atoms with E-state index in [2.05, 4.69) is 137 Å². The molecule has 0 saturated heterocycles. The van der Waals surface area contributed by atoms with Gasteiger partial charge in [0.25, 0.3) is 0 Å². The number of carbonyl (C=O) groups is 4. The monoisotopic (exact) mass is 1440 g/mol. The fraction of sp³-hybridized carbons (Fsp3) is 0.679. The second-order valence-corrected chi connectivity index (χ2v) is 28.1. The predicted molar refractivity (Wildman–Crippen MR) is 408 cm³/mol. The molecule has 5 unspecified atom stereocenters. The third-order valence-corrected chi connectivity index (χ3v) is 17.6. The molecule has 0 aromatic carbocycles. The quantitative estimate of drug-likeness (QED) is 0.0169. The van der Waals surface area contributed by atoms with Crippen molar-refractivity contribution in [1.82, 2.24) is 0 Å². The number of unbranched alkanes of at least 4 members (excludes halogenated alkanes) is 24. The van der Waals surface area contributed by atoms with E-state index >= 15 is 0 Å². The zero-order chi connectivity index (χ0) is 73.2. The molecule has 0 aliphatic rings. The molecule has 0 rings (SSSR count). The van der Waals surface area contributed by atoms with Gasteiger partial charge in [-0.05, 0) is 116 Å². The van der Waals surface area contributed by atoms with Crippen molar-refractivity contribution in [3.8, 4) is 0 Å². The number of hydrogen-bond donors (Lipinski definition) is 3. The first kappa shape index (κ1) is 95.2. The van der Waals surface area contributed by atoms with Crippen molar-refractivity contribution >= 4 is 39.5 Å². The summed E-state index contributed by atoms with van der Waals surface area (Å²) in [7, 11) is -9.99. The summed E-state index contributed by atoms with van der Waals surface area (Å²) in [5.41, 5.74) is 0. The molecule has 17 nitrogen and oxygen atoms in total. The number of allylic oxidation sites excluding steroid dienone is 21. The van der Waals surface area contributed by atoms with Crippen LogP contribution in [0.25, 0.3) is 0 Å². The first-order chi connectivity index (χ1) is 48.7. The number of aliphatic hydroxyl groups excluding tert-OH is 1.